The Bertz CT molecular complexity index is 614. The predicted molar refractivity (Wildman–Crippen MR) is 89.7 cm³/mol. The molecule has 0 fully saturated rings. The highest BCUT2D eigenvalue weighted by Gasteiger charge is 2.06. The van der Waals surface area contributed by atoms with Crippen LogP contribution < -0.4 is 10.1 Å². The van der Waals surface area contributed by atoms with E-state index in [-0.39, 0.29) is 0 Å². The first kappa shape index (κ1) is 15.2. The molecule has 21 heavy (non-hydrogen) atoms. The molecule has 0 atom stereocenters. The van der Waals surface area contributed by atoms with Gasteiger partial charge in [-0.05, 0) is 38.0 Å². The second-order valence-corrected chi connectivity index (χ2v) is 5.34. The molecule has 2 aromatic rings. The molecule has 2 heteroatoms. The van der Waals surface area contributed by atoms with E-state index in [1.165, 1.54) is 16.7 Å². The van der Waals surface area contributed by atoms with Gasteiger partial charge >= 0.3 is 0 Å². The molecule has 0 unspecified atom stereocenters. The van der Waals surface area contributed by atoms with Gasteiger partial charge in [0.15, 0.2) is 0 Å². The monoisotopic (exact) mass is 281 g/mol. The average Bonchev–Trinajstić information content (AvgIpc) is 2.49. The summed E-state index contributed by atoms with van der Waals surface area (Å²) in [6.07, 6.45) is 0.980. The first-order valence-electron chi connectivity index (χ1n) is 7.23. The van der Waals surface area contributed by atoms with E-state index in [0.29, 0.717) is 0 Å². The van der Waals surface area contributed by atoms with E-state index in [1.54, 1.807) is 7.11 Å². The van der Waals surface area contributed by atoms with Gasteiger partial charge in [0.1, 0.15) is 5.75 Å². The third kappa shape index (κ3) is 4.12. The molecular formula is C19H23NO. The van der Waals surface area contributed by atoms with Crippen LogP contribution in [0.3, 0.4) is 0 Å². The summed E-state index contributed by atoms with van der Waals surface area (Å²) in [4.78, 5) is 0. The first-order chi connectivity index (χ1) is 10.1. The molecule has 0 aliphatic rings. The van der Waals surface area contributed by atoms with Crippen molar-refractivity contribution in [2.45, 2.75) is 20.3 Å². The van der Waals surface area contributed by atoms with Gasteiger partial charge in [-0.15, -0.1) is 0 Å². The van der Waals surface area contributed by atoms with Crippen molar-refractivity contribution in [3.05, 3.63) is 71.3 Å². The fraction of sp³-hybridized carbons (Fsp3) is 0.263. The zero-order valence-electron chi connectivity index (χ0n) is 13.1. The Hall–Kier alpha value is -2.22. The molecule has 0 saturated heterocycles. The van der Waals surface area contributed by atoms with Crippen LogP contribution >= 0.6 is 0 Å². The minimum Gasteiger partial charge on any atom is -0.496 e. The number of ether oxygens (including phenoxy) is 1. The lowest BCUT2D eigenvalue weighted by molar-refractivity contribution is 0.413. The van der Waals surface area contributed by atoms with Crippen molar-refractivity contribution < 1.29 is 4.74 Å². The highest BCUT2D eigenvalue weighted by atomic mass is 16.5. The Morgan fingerprint density at radius 3 is 2.38 bits per heavy atom. The summed E-state index contributed by atoms with van der Waals surface area (Å²) in [6, 6.07) is 14.8. The number of methoxy groups -OCH3 is 1. The molecule has 0 aliphatic heterocycles. The summed E-state index contributed by atoms with van der Waals surface area (Å²) in [6.45, 7) is 9.17. The number of nitrogens with one attached hydrogen (secondary N) is 1. The molecular weight excluding hydrogens is 258 g/mol. The predicted octanol–water partition coefficient (Wildman–Crippen LogP) is 4.12. The van der Waals surface area contributed by atoms with E-state index >= 15 is 0 Å². The number of hydrogen-bond acceptors (Lipinski definition) is 2. The van der Waals surface area contributed by atoms with Crippen molar-refractivity contribution in [2.24, 2.45) is 0 Å². The van der Waals surface area contributed by atoms with Crippen LogP contribution in [-0.4, -0.2) is 13.7 Å². The van der Waals surface area contributed by atoms with Crippen LogP contribution in [0.15, 0.2) is 49.0 Å². The van der Waals surface area contributed by atoms with Crippen LogP contribution in [-0.2, 0) is 6.42 Å². The molecule has 2 rings (SSSR count). The van der Waals surface area contributed by atoms with Crippen LogP contribution in [0.25, 0.3) is 5.70 Å². The van der Waals surface area contributed by atoms with Gasteiger partial charge in [-0.1, -0.05) is 48.0 Å². The number of aryl methyl sites for hydroxylation is 2. The van der Waals surface area contributed by atoms with Crippen molar-refractivity contribution in [3.63, 3.8) is 0 Å². The Morgan fingerprint density at radius 1 is 1.05 bits per heavy atom. The Morgan fingerprint density at radius 2 is 1.71 bits per heavy atom. The zero-order valence-corrected chi connectivity index (χ0v) is 13.1. The molecule has 0 amide bonds. The van der Waals surface area contributed by atoms with Gasteiger partial charge in [0, 0.05) is 17.8 Å². The minimum atomic E-state index is 0.855. The number of hydrogen-bond donors (Lipinski definition) is 1. The SMILES string of the molecule is C=C(NCCc1ccc(C)cc1)c1cc(C)ccc1OC. The lowest BCUT2D eigenvalue weighted by atomic mass is 10.1. The summed E-state index contributed by atoms with van der Waals surface area (Å²) in [5.41, 5.74) is 5.76. The summed E-state index contributed by atoms with van der Waals surface area (Å²) >= 11 is 0. The van der Waals surface area contributed by atoms with Gasteiger partial charge in [0.05, 0.1) is 7.11 Å². The second kappa shape index (κ2) is 6.98. The van der Waals surface area contributed by atoms with E-state index in [2.05, 4.69) is 56.1 Å². The third-order valence-electron chi connectivity index (χ3n) is 3.55. The molecule has 0 spiro atoms. The van der Waals surface area contributed by atoms with Gasteiger partial charge in [0.25, 0.3) is 0 Å². The fourth-order valence-corrected chi connectivity index (χ4v) is 2.27. The molecule has 0 heterocycles. The van der Waals surface area contributed by atoms with Crippen molar-refractivity contribution in [2.75, 3.05) is 13.7 Å². The highest BCUT2D eigenvalue weighted by molar-refractivity contribution is 5.68. The van der Waals surface area contributed by atoms with Crippen molar-refractivity contribution >= 4 is 5.70 Å². The maximum Gasteiger partial charge on any atom is 0.128 e. The smallest absolute Gasteiger partial charge is 0.128 e. The van der Waals surface area contributed by atoms with Gasteiger partial charge in [0.2, 0.25) is 0 Å². The van der Waals surface area contributed by atoms with Gasteiger partial charge in [-0.25, -0.2) is 0 Å². The molecule has 0 aliphatic carbocycles. The maximum atomic E-state index is 5.40. The van der Waals surface area contributed by atoms with Crippen molar-refractivity contribution in [3.8, 4) is 5.75 Å². The molecule has 2 nitrogen and oxygen atoms in total. The van der Waals surface area contributed by atoms with Crippen molar-refractivity contribution in [1.29, 1.82) is 0 Å². The Balaban J connectivity index is 1.95. The zero-order chi connectivity index (χ0) is 15.2. The largest absolute Gasteiger partial charge is 0.496 e. The molecule has 110 valence electrons. The second-order valence-electron chi connectivity index (χ2n) is 5.34. The molecule has 2 aromatic carbocycles. The molecule has 0 bridgehead atoms. The van der Waals surface area contributed by atoms with Gasteiger partial charge < -0.3 is 10.1 Å². The lowest BCUT2D eigenvalue weighted by Crippen LogP contribution is -2.15. The van der Waals surface area contributed by atoms with E-state index in [0.717, 1.165) is 30.0 Å². The highest BCUT2D eigenvalue weighted by Crippen LogP contribution is 2.24. The van der Waals surface area contributed by atoms with Crippen LogP contribution in [0, 0.1) is 13.8 Å². The maximum absolute atomic E-state index is 5.40. The molecule has 0 saturated carbocycles. The molecule has 0 radical (unpaired) electrons. The Kier molecular flexibility index (Phi) is 5.04. The summed E-state index contributed by atoms with van der Waals surface area (Å²) in [5, 5.41) is 3.39. The normalized spacial score (nSPS) is 10.2. The summed E-state index contributed by atoms with van der Waals surface area (Å²) < 4.78 is 5.40. The van der Waals surface area contributed by atoms with E-state index in [1.807, 2.05) is 12.1 Å². The number of rotatable bonds is 6. The summed E-state index contributed by atoms with van der Waals surface area (Å²) in [7, 11) is 1.69. The first-order valence-corrected chi connectivity index (χ1v) is 7.23. The lowest BCUT2D eigenvalue weighted by Gasteiger charge is -2.14. The fourth-order valence-electron chi connectivity index (χ4n) is 2.27. The van der Waals surface area contributed by atoms with E-state index < -0.39 is 0 Å². The van der Waals surface area contributed by atoms with Crippen molar-refractivity contribution in [1.82, 2.24) is 5.32 Å². The summed E-state index contributed by atoms with van der Waals surface area (Å²) in [5.74, 6) is 0.855. The van der Waals surface area contributed by atoms with Crippen LogP contribution in [0.2, 0.25) is 0 Å². The number of benzene rings is 2. The quantitative estimate of drug-likeness (QED) is 0.860. The van der Waals surface area contributed by atoms with Crippen LogP contribution in [0.4, 0.5) is 0 Å². The topological polar surface area (TPSA) is 21.3 Å². The molecule has 1 N–H and O–H groups in total. The minimum absolute atomic E-state index is 0.855. The Labute approximate surface area is 127 Å². The standard InChI is InChI=1S/C19H23NO/c1-14-5-8-17(9-6-14)11-12-20-16(3)18-13-15(2)7-10-19(18)21-4/h5-10,13,20H,3,11-12H2,1-2,4H3. The van der Waals surface area contributed by atoms with E-state index in [9.17, 15) is 0 Å². The van der Waals surface area contributed by atoms with Gasteiger partial charge in [-0.3, -0.25) is 0 Å². The van der Waals surface area contributed by atoms with Crippen LogP contribution in [0.5, 0.6) is 5.75 Å². The average molecular weight is 281 g/mol. The third-order valence-corrected chi connectivity index (χ3v) is 3.55. The molecule has 0 aromatic heterocycles. The van der Waals surface area contributed by atoms with E-state index in [4.69, 9.17) is 4.74 Å². The van der Waals surface area contributed by atoms with Crippen LogP contribution in [0.1, 0.15) is 22.3 Å². The van der Waals surface area contributed by atoms with Gasteiger partial charge in [-0.2, -0.15) is 0 Å².